The molecule has 2 rings (SSSR count). The van der Waals surface area contributed by atoms with Crippen LogP contribution in [0.15, 0.2) is 36.7 Å². The quantitative estimate of drug-likeness (QED) is 0.755. The standard InChI is InChI=1S/C16H19N3O2/c1-3-9-21-16-7-5-4-6-14(16)11-17-15-12-18-19(13-15)8-10-20-2/h1,4-7,12-13,17H,8-11H2,2H3. The molecular formula is C16H19N3O2. The maximum Gasteiger partial charge on any atom is 0.148 e. The summed E-state index contributed by atoms with van der Waals surface area (Å²) in [6.07, 6.45) is 8.96. The van der Waals surface area contributed by atoms with E-state index in [9.17, 15) is 0 Å². The largest absolute Gasteiger partial charge is 0.481 e. The number of rotatable bonds is 8. The third-order valence-corrected chi connectivity index (χ3v) is 2.92. The van der Waals surface area contributed by atoms with Gasteiger partial charge in [-0.2, -0.15) is 5.10 Å². The molecule has 0 saturated heterocycles. The van der Waals surface area contributed by atoms with Crippen molar-refractivity contribution in [2.75, 3.05) is 25.6 Å². The van der Waals surface area contributed by atoms with Crippen molar-refractivity contribution in [2.24, 2.45) is 0 Å². The van der Waals surface area contributed by atoms with Crippen LogP contribution in [0.2, 0.25) is 0 Å². The summed E-state index contributed by atoms with van der Waals surface area (Å²) in [5.74, 6) is 3.27. The number of hydrogen-bond donors (Lipinski definition) is 1. The lowest BCUT2D eigenvalue weighted by Crippen LogP contribution is -2.04. The van der Waals surface area contributed by atoms with Gasteiger partial charge in [-0.1, -0.05) is 24.1 Å². The van der Waals surface area contributed by atoms with Crippen LogP contribution >= 0.6 is 0 Å². The van der Waals surface area contributed by atoms with E-state index >= 15 is 0 Å². The number of terminal acetylenes is 1. The van der Waals surface area contributed by atoms with Crippen molar-refractivity contribution in [1.29, 1.82) is 0 Å². The lowest BCUT2D eigenvalue weighted by molar-refractivity contribution is 0.183. The Labute approximate surface area is 124 Å². The molecule has 0 radical (unpaired) electrons. The van der Waals surface area contributed by atoms with Crippen LogP contribution < -0.4 is 10.1 Å². The average molecular weight is 285 g/mol. The second kappa shape index (κ2) is 7.98. The minimum atomic E-state index is 0.270. The van der Waals surface area contributed by atoms with E-state index in [1.807, 2.05) is 35.1 Å². The first kappa shape index (κ1) is 14.9. The number of aromatic nitrogens is 2. The molecule has 1 N–H and O–H groups in total. The Morgan fingerprint density at radius 2 is 2.24 bits per heavy atom. The van der Waals surface area contributed by atoms with Crippen LogP contribution in [0.1, 0.15) is 5.56 Å². The number of nitrogens with one attached hydrogen (secondary N) is 1. The Balaban J connectivity index is 1.93. The average Bonchev–Trinajstić information content (AvgIpc) is 2.97. The normalized spacial score (nSPS) is 10.1. The van der Waals surface area contributed by atoms with Gasteiger partial charge in [0.2, 0.25) is 0 Å². The molecule has 0 fully saturated rings. The highest BCUT2D eigenvalue weighted by atomic mass is 16.5. The Morgan fingerprint density at radius 3 is 3.05 bits per heavy atom. The summed E-state index contributed by atoms with van der Waals surface area (Å²) in [5, 5.41) is 7.57. The molecule has 0 atom stereocenters. The molecule has 1 heterocycles. The zero-order valence-corrected chi connectivity index (χ0v) is 12.1. The van der Waals surface area contributed by atoms with Gasteiger partial charge in [-0.25, -0.2) is 0 Å². The van der Waals surface area contributed by atoms with Gasteiger partial charge < -0.3 is 14.8 Å². The van der Waals surface area contributed by atoms with Crippen molar-refractivity contribution < 1.29 is 9.47 Å². The van der Waals surface area contributed by atoms with E-state index in [0.29, 0.717) is 13.2 Å². The van der Waals surface area contributed by atoms with Gasteiger partial charge in [0.05, 0.1) is 25.0 Å². The maximum absolute atomic E-state index is 5.52. The van der Waals surface area contributed by atoms with Crippen LogP contribution in [0.5, 0.6) is 5.75 Å². The molecule has 0 saturated carbocycles. The van der Waals surface area contributed by atoms with Gasteiger partial charge in [0, 0.05) is 25.4 Å². The number of methoxy groups -OCH3 is 1. The van der Waals surface area contributed by atoms with E-state index in [1.165, 1.54) is 0 Å². The van der Waals surface area contributed by atoms with Gasteiger partial charge >= 0.3 is 0 Å². The Bertz CT molecular complexity index is 602. The lowest BCUT2D eigenvalue weighted by atomic mass is 10.2. The van der Waals surface area contributed by atoms with Crippen molar-refractivity contribution in [3.63, 3.8) is 0 Å². The Hall–Kier alpha value is -2.45. The van der Waals surface area contributed by atoms with E-state index in [-0.39, 0.29) is 6.61 Å². The minimum absolute atomic E-state index is 0.270. The van der Waals surface area contributed by atoms with E-state index in [2.05, 4.69) is 16.3 Å². The summed E-state index contributed by atoms with van der Waals surface area (Å²) < 4.78 is 12.4. The monoisotopic (exact) mass is 285 g/mol. The van der Waals surface area contributed by atoms with Crippen molar-refractivity contribution in [3.05, 3.63) is 42.2 Å². The van der Waals surface area contributed by atoms with Crippen LogP contribution in [0.3, 0.4) is 0 Å². The summed E-state index contributed by atoms with van der Waals surface area (Å²) in [6, 6.07) is 7.82. The third kappa shape index (κ3) is 4.55. The summed E-state index contributed by atoms with van der Waals surface area (Å²) in [5.41, 5.74) is 2.01. The van der Waals surface area contributed by atoms with Crippen LogP contribution in [-0.4, -0.2) is 30.1 Å². The highest BCUT2D eigenvalue weighted by molar-refractivity contribution is 5.42. The van der Waals surface area contributed by atoms with Crippen LogP contribution in [0, 0.1) is 12.3 Å². The number of nitrogens with zero attached hydrogens (tertiary/aromatic N) is 2. The number of anilines is 1. The van der Waals surface area contributed by atoms with Gasteiger partial charge in [-0.3, -0.25) is 4.68 Å². The van der Waals surface area contributed by atoms with Gasteiger partial charge in [-0.05, 0) is 6.07 Å². The van der Waals surface area contributed by atoms with E-state index in [0.717, 1.165) is 23.5 Å². The molecule has 21 heavy (non-hydrogen) atoms. The number of benzene rings is 1. The Morgan fingerprint density at radius 1 is 1.38 bits per heavy atom. The molecule has 0 aliphatic carbocycles. The highest BCUT2D eigenvalue weighted by Gasteiger charge is 2.03. The fraction of sp³-hybridized carbons (Fsp3) is 0.312. The maximum atomic E-state index is 5.52. The predicted molar refractivity (Wildman–Crippen MR) is 82.2 cm³/mol. The first-order chi connectivity index (χ1) is 10.3. The molecule has 1 aromatic carbocycles. The van der Waals surface area contributed by atoms with E-state index in [1.54, 1.807) is 13.3 Å². The molecule has 0 amide bonds. The predicted octanol–water partition coefficient (Wildman–Crippen LogP) is 2.15. The summed E-state index contributed by atoms with van der Waals surface area (Å²) in [6.45, 7) is 2.30. The molecule has 0 bridgehead atoms. The number of hydrogen-bond acceptors (Lipinski definition) is 4. The molecule has 110 valence electrons. The Kier molecular flexibility index (Phi) is 5.68. The van der Waals surface area contributed by atoms with Crippen LogP contribution in [0.4, 0.5) is 5.69 Å². The SMILES string of the molecule is C#CCOc1ccccc1CNc1cnn(CCOC)c1. The zero-order valence-electron chi connectivity index (χ0n) is 12.1. The molecular weight excluding hydrogens is 266 g/mol. The van der Waals surface area contributed by atoms with Crippen LogP contribution in [0.25, 0.3) is 0 Å². The first-order valence-electron chi connectivity index (χ1n) is 6.73. The smallest absolute Gasteiger partial charge is 0.148 e. The van der Waals surface area contributed by atoms with E-state index < -0.39 is 0 Å². The summed E-state index contributed by atoms with van der Waals surface area (Å²) >= 11 is 0. The van der Waals surface area contributed by atoms with Crippen molar-refractivity contribution in [2.45, 2.75) is 13.1 Å². The molecule has 2 aromatic rings. The number of para-hydroxylation sites is 1. The summed E-state index contributed by atoms with van der Waals surface area (Å²) in [4.78, 5) is 0. The van der Waals surface area contributed by atoms with Gasteiger partial charge in [-0.15, -0.1) is 6.42 Å². The molecule has 0 aliphatic heterocycles. The van der Waals surface area contributed by atoms with Crippen molar-refractivity contribution >= 4 is 5.69 Å². The molecule has 1 aromatic heterocycles. The first-order valence-corrected chi connectivity index (χ1v) is 6.73. The highest BCUT2D eigenvalue weighted by Crippen LogP contribution is 2.19. The molecule has 5 nitrogen and oxygen atoms in total. The summed E-state index contributed by atoms with van der Waals surface area (Å²) in [7, 11) is 1.68. The number of ether oxygens (including phenoxy) is 2. The third-order valence-electron chi connectivity index (χ3n) is 2.92. The molecule has 0 spiro atoms. The van der Waals surface area contributed by atoms with Crippen molar-refractivity contribution in [1.82, 2.24) is 9.78 Å². The second-order valence-corrected chi connectivity index (χ2v) is 4.44. The van der Waals surface area contributed by atoms with E-state index in [4.69, 9.17) is 15.9 Å². The topological polar surface area (TPSA) is 48.3 Å². The zero-order chi connectivity index (χ0) is 14.9. The fourth-order valence-electron chi connectivity index (χ4n) is 1.87. The fourth-order valence-corrected chi connectivity index (χ4v) is 1.87. The van der Waals surface area contributed by atoms with Crippen molar-refractivity contribution in [3.8, 4) is 18.1 Å². The van der Waals surface area contributed by atoms with Gasteiger partial charge in [0.25, 0.3) is 0 Å². The second-order valence-electron chi connectivity index (χ2n) is 4.44. The minimum Gasteiger partial charge on any atom is -0.481 e. The molecule has 5 heteroatoms. The van der Waals surface area contributed by atoms with Gasteiger partial charge in [0.15, 0.2) is 0 Å². The molecule has 0 unspecified atom stereocenters. The molecule has 0 aliphatic rings. The van der Waals surface area contributed by atoms with Crippen LogP contribution in [-0.2, 0) is 17.8 Å². The van der Waals surface area contributed by atoms with Gasteiger partial charge in [0.1, 0.15) is 12.4 Å². The lowest BCUT2D eigenvalue weighted by Gasteiger charge is -2.10.